The van der Waals surface area contributed by atoms with Crippen molar-refractivity contribution < 1.29 is 14.1 Å². The normalized spacial score (nSPS) is 23.4. The Kier molecular flexibility index (Phi) is 6.92. The Bertz CT molecular complexity index is 1160. The minimum absolute atomic E-state index is 0.00686. The number of hydrogen-bond donors (Lipinski definition) is 1. The summed E-state index contributed by atoms with van der Waals surface area (Å²) in [4.78, 5) is 33.3. The SMILES string of the molecule is Cn1cc(C(=O)N2CCCCCCNC(=O)C3CC(c4nc(Cc5ccccc5)no4)CC32)cn1. The Morgan fingerprint density at radius 2 is 1.97 bits per heavy atom. The third kappa shape index (κ3) is 5.28. The zero-order chi connectivity index (χ0) is 24.2. The third-order valence-corrected chi connectivity index (χ3v) is 7.14. The smallest absolute Gasteiger partial charge is 0.257 e. The van der Waals surface area contributed by atoms with Crippen molar-refractivity contribution >= 4 is 11.8 Å². The molecule has 1 saturated heterocycles. The summed E-state index contributed by atoms with van der Waals surface area (Å²) < 4.78 is 7.30. The summed E-state index contributed by atoms with van der Waals surface area (Å²) in [5.74, 6) is 0.733. The molecule has 2 aromatic heterocycles. The van der Waals surface area contributed by atoms with Gasteiger partial charge in [-0.25, -0.2) is 0 Å². The van der Waals surface area contributed by atoms with Crippen LogP contribution in [0.2, 0.25) is 0 Å². The van der Waals surface area contributed by atoms with Crippen molar-refractivity contribution in [1.82, 2.24) is 30.1 Å². The van der Waals surface area contributed by atoms with E-state index in [4.69, 9.17) is 4.52 Å². The van der Waals surface area contributed by atoms with Crippen LogP contribution < -0.4 is 5.32 Å². The Labute approximate surface area is 204 Å². The standard InChI is InChI=1S/C26H32N6O3/c1-31-17-20(16-28-31)26(34)32-12-8-3-2-7-11-27-24(33)21-14-19(15-22(21)32)25-29-23(30-35-25)13-18-9-5-4-6-10-18/h4-6,9-10,16-17,19,21-22H,2-3,7-8,11-15H2,1H3,(H,27,33). The van der Waals surface area contributed by atoms with Gasteiger partial charge >= 0.3 is 0 Å². The number of hydrogen-bond acceptors (Lipinski definition) is 6. The number of carbonyl (C=O) groups excluding carboxylic acids is 2. The van der Waals surface area contributed by atoms with Gasteiger partial charge in [0.2, 0.25) is 11.8 Å². The minimum atomic E-state index is -0.316. The molecule has 3 aromatic rings. The topological polar surface area (TPSA) is 106 Å². The summed E-state index contributed by atoms with van der Waals surface area (Å²) in [7, 11) is 1.80. The molecule has 5 rings (SSSR count). The van der Waals surface area contributed by atoms with Gasteiger partial charge in [0.15, 0.2) is 5.82 Å². The number of nitrogens with zero attached hydrogens (tertiary/aromatic N) is 5. The van der Waals surface area contributed by atoms with E-state index in [0.29, 0.717) is 49.6 Å². The highest BCUT2D eigenvalue weighted by atomic mass is 16.5. The molecule has 35 heavy (non-hydrogen) atoms. The van der Waals surface area contributed by atoms with Crippen LogP contribution in [0.5, 0.6) is 0 Å². The number of aryl methyl sites for hydroxylation is 1. The van der Waals surface area contributed by atoms with E-state index in [1.54, 1.807) is 24.1 Å². The molecule has 1 aliphatic heterocycles. The van der Waals surface area contributed by atoms with E-state index in [9.17, 15) is 9.59 Å². The first kappa shape index (κ1) is 23.3. The fourth-order valence-electron chi connectivity index (χ4n) is 5.35. The van der Waals surface area contributed by atoms with Gasteiger partial charge in [-0.2, -0.15) is 10.1 Å². The summed E-state index contributed by atoms with van der Waals surface area (Å²) >= 11 is 0. The molecule has 2 aliphatic rings. The molecule has 1 N–H and O–H groups in total. The maximum absolute atomic E-state index is 13.6. The molecule has 9 nitrogen and oxygen atoms in total. The second kappa shape index (κ2) is 10.4. The zero-order valence-corrected chi connectivity index (χ0v) is 20.1. The highest BCUT2D eigenvalue weighted by molar-refractivity contribution is 5.94. The van der Waals surface area contributed by atoms with E-state index < -0.39 is 0 Å². The van der Waals surface area contributed by atoms with Crippen molar-refractivity contribution in [2.75, 3.05) is 13.1 Å². The van der Waals surface area contributed by atoms with Crippen LogP contribution in [0, 0.1) is 5.92 Å². The number of rotatable bonds is 4. The van der Waals surface area contributed by atoms with Crippen molar-refractivity contribution in [2.24, 2.45) is 13.0 Å². The Morgan fingerprint density at radius 3 is 2.77 bits per heavy atom. The predicted molar refractivity (Wildman–Crippen MR) is 129 cm³/mol. The van der Waals surface area contributed by atoms with Gasteiger partial charge in [-0.1, -0.05) is 48.3 Å². The molecule has 1 aromatic carbocycles. The van der Waals surface area contributed by atoms with Crippen LogP contribution in [-0.2, 0) is 18.3 Å². The van der Waals surface area contributed by atoms with Gasteiger partial charge in [-0.05, 0) is 31.2 Å². The summed E-state index contributed by atoms with van der Waals surface area (Å²) in [5, 5.41) is 11.5. The van der Waals surface area contributed by atoms with Crippen molar-refractivity contribution in [2.45, 2.75) is 56.9 Å². The summed E-state index contributed by atoms with van der Waals surface area (Å²) in [6.07, 6.45) is 9.07. The van der Waals surface area contributed by atoms with Crippen LogP contribution in [0.15, 0.2) is 47.2 Å². The molecule has 1 aliphatic carbocycles. The first-order valence-corrected chi connectivity index (χ1v) is 12.5. The molecule has 0 spiro atoms. The maximum Gasteiger partial charge on any atom is 0.257 e. The van der Waals surface area contributed by atoms with E-state index in [1.807, 2.05) is 35.2 Å². The summed E-state index contributed by atoms with van der Waals surface area (Å²) in [6.45, 7) is 1.29. The number of carbonyl (C=O) groups is 2. The minimum Gasteiger partial charge on any atom is -0.356 e. The lowest BCUT2D eigenvalue weighted by molar-refractivity contribution is -0.126. The molecule has 0 radical (unpaired) electrons. The van der Waals surface area contributed by atoms with E-state index >= 15 is 0 Å². The quantitative estimate of drug-likeness (QED) is 0.620. The zero-order valence-electron chi connectivity index (χ0n) is 20.1. The lowest BCUT2D eigenvalue weighted by Gasteiger charge is -2.32. The number of fused-ring (bicyclic) bond motifs is 1. The van der Waals surface area contributed by atoms with Crippen LogP contribution >= 0.6 is 0 Å². The molecule has 2 fully saturated rings. The van der Waals surface area contributed by atoms with Gasteiger partial charge in [0.25, 0.3) is 5.91 Å². The first-order valence-electron chi connectivity index (χ1n) is 12.5. The molecule has 2 amide bonds. The summed E-state index contributed by atoms with van der Waals surface area (Å²) in [5.41, 5.74) is 1.66. The average Bonchev–Trinajstić information content (AvgIpc) is 3.60. The summed E-state index contributed by atoms with van der Waals surface area (Å²) in [6, 6.07) is 9.80. The molecule has 3 heterocycles. The average molecular weight is 477 g/mol. The lowest BCUT2D eigenvalue weighted by Crippen LogP contribution is -2.47. The van der Waals surface area contributed by atoms with Crippen molar-refractivity contribution in [3.8, 4) is 0 Å². The van der Waals surface area contributed by atoms with Gasteiger partial charge in [0.05, 0.1) is 17.7 Å². The van der Waals surface area contributed by atoms with Gasteiger partial charge in [-0.3, -0.25) is 14.3 Å². The van der Waals surface area contributed by atoms with E-state index in [0.717, 1.165) is 31.2 Å². The van der Waals surface area contributed by atoms with Gasteiger partial charge in [-0.15, -0.1) is 0 Å². The Hall–Kier alpha value is -3.49. The molecule has 9 heteroatoms. The van der Waals surface area contributed by atoms with Crippen molar-refractivity contribution in [1.29, 1.82) is 0 Å². The molecule has 0 bridgehead atoms. The van der Waals surface area contributed by atoms with E-state index in [1.165, 1.54) is 0 Å². The molecular weight excluding hydrogens is 444 g/mol. The van der Waals surface area contributed by atoms with Crippen molar-refractivity contribution in [3.63, 3.8) is 0 Å². The van der Waals surface area contributed by atoms with Crippen LogP contribution in [0.25, 0.3) is 0 Å². The van der Waals surface area contributed by atoms with Gasteiger partial charge in [0, 0.05) is 44.7 Å². The third-order valence-electron chi connectivity index (χ3n) is 7.14. The highest BCUT2D eigenvalue weighted by Crippen LogP contribution is 2.41. The van der Waals surface area contributed by atoms with Crippen molar-refractivity contribution in [3.05, 3.63) is 65.6 Å². The van der Waals surface area contributed by atoms with Gasteiger partial charge in [0.1, 0.15) is 0 Å². The predicted octanol–water partition coefficient (Wildman–Crippen LogP) is 3.09. The molecular formula is C26H32N6O3. The molecule has 184 valence electrons. The van der Waals surface area contributed by atoms with E-state index in [2.05, 4.69) is 20.6 Å². The second-order valence-corrected chi connectivity index (χ2v) is 9.66. The Morgan fingerprint density at radius 1 is 1.14 bits per heavy atom. The first-order chi connectivity index (χ1) is 17.1. The fourth-order valence-corrected chi connectivity index (χ4v) is 5.35. The number of nitrogens with one attached hydrogen (secondary N) is 1. The van der Waals surface area contributed by atoms with E-state index in [-0.39, 0.29) is 29.7 Å². The maximum atomic E-state index is 13.6. The monoisotopic (exact) mass is 476 g/mol. The molecule has 1 saturated carbocycles. The van der Waals surface area contributed by atoms with Crippen LogP contribution in [0.1, 0.15) is 72.1 Å². The number of amides is 2. The molecule has 3 unspecified atom stereocenters. The highest BCUT2D eigenvalue weighted by Gasteiger charge is 2.45. The molecule has 3 atom stereocenters. The van der Waals surface area contributed by atoms with Crippen LogP contribution in [0.3, 0.4) is 0 Å². The number of benzene rings is 1. The largest absolute Gasteiger partial charge is 0.356 e. The Balaban J connectivity index is 1.39. The second-order valence-electron chi connectivity index (χ2n) is 9.66. The van der Waals surface area contributed by atoms with Gasteiger partial charge < -0.3 is 14.7 Å². The lowest BCUT2D eigenvalue weighted by atomic mass is 9.99. The number of aromatic nitrogens is 4. The fraction of sp³-hybridized carbons (Fsp3) is 0.500. The van der Waals surface area contributed by atoms with Crippen LogP contribution in [0.4, 0.5) is 0 Å². The van der Waals surface area contributed by atoms with Crippen LogP contribution in [-0.4, -0.2) is 55.8 Å².